The lowest BCUT2D eigenvalue weighted by atomic mass is 9.95. The van der Waals surface area contributed by atoms with Crippen LogP contribution in [-0.2, 0) is 6.54 Å². The minimum Gasteiger partial charge on any atom is -0.496 e. The van der Waals surface area contributed by atoms with Gasteiger partial charge in [0.1, 0.15) is 23.3 Å². The Kier molecular flexibility index (Phi) is 6.66. The van der Waals surface area contributed by atoms with Gasteiger partial charge in [-0.25, -0.2) is 0 Å². The summed E-state index contributed by atoms with van der Waals surface area (Å²) in [6, 6.07) is 5.59. The van der Waals surface area contributed by atoms with E-state index in [1.54, 1.807) is 37.3 Å². The van der Waals surface area contributed by atoms with Crippen molar-refractivity contribution >= 4 is 18.3 Å². The number of aromatic nitrogens is 2. The standard InChI is InChI=1S/C20H26N4O4.ClH/c1-27-17-5-6-18(28-2)19-14(17)11-23(12-16(19)25)20(26)15-7-9-24(22-15)13-4-3-8-21-10-13;/h5-7,9,13,16,21,25H,3-4,8,10-12H2,1-2H3;1H. The van der Waals surface area contributed by atoms with Gasteiger partial charge in [-0.15, -0.1) is 12.4 Å². The molecular weight excluding hydrogens is 396 g/mol. The number of β-amino-alcohol motifs (C(OH)–C–C–N with tert-alkyl or cyclic N) is 1. The Balaban J connectivity index is 0.00000240. The molecule has 29 heavy (non-hydrogen) atoms. The Morgan fingerprint density at radius 3 is 2.69 bits per heavy atom. The summed E-state index contributed by atoms with van der Waals surface area (Å²) in [6.07, 6.45) is 3.17. The van der Waals surface area contributed by atoms with E-state index < -0.39 is 6.10 Å². The number of fused-ring (bicyclic) bond motifs is 1. The van der Waals surface area contributed by atoms with E-state index >= 15 is 0 Å². The van der Waals surface area contributed by atoms with Gasteiger partial charge in [-0.3, -0.25) is 9.48 Å². The van der Waals surface area contributed by atoms with Crippen molar-refractivity contribution < 1.29 is 19.4 Å². The third-order valence-electron chi connectivity index (χ3n) is 5.55. The van der Waals surface area contributed by atoms with E-state index in [0.29, 0.717) is 29.3 Å². The quantitative estimate of drug-likeness (QED) is 0.782. The molecule has 2 N–H and O–H groups in total. The molecular formula is C20H27ClN4O4. The fourth-order valence-electron chi connectivity index (χ4n) is 4.11. The molecule has 0 aliphatic carbocycles. The summed E-state index contributed by atoms with van der Waals surface area (Å²) in [4.78, 5) is 14.7. The summed E-state index contributed by atoms with van der Waals surface area (Å²) in [5, 5.41) is 18.6. The van der Waals surface area contributed by atoms with E-state index in [9.17, 15) is 9.90 Å². The van der Waals surface area contributed by atoms with Crippen molar-refractivity contribution in [3.05, 3.63) is 41.2 Å². The summed E-state index contributed by atoms with van der Waals surface area (Å²) < 4.78 is 12.7. The molecule has 1 amide bonds. The number of methoxy groups -OCH3 is 2. The number of aliphatic hydroxyl groups excluding tert-OH is 1. The highest BCUT2D eigenvalue weighted by Crippen LogP contribution is 2.39. The summed E-state index contributed by atoms with van der Waals surface area (Å²) >= 11 is 0. The Morgan fingerprint density at radius 1 is 1.24 bits per heavy atom. The Labute approximate surface area is 176 Å². The highest BCUT2D eigenvalue weighted by atomic mass is 35.5. The van der Waals surface area contributed by atoms with Crippen molar-refractivity contribution in [2.45, 2.75) is 31.5 Å². The van der Waals surface area contributed by atoms with E-state index in [4.69, 9.17) is 9.47 Å². The van der Waals surface area contributed by atoms with Crippen LogP contribution in [-0.4, -0.2) is 59.5 Å². The van der Waals surface area contributed by atoms with E-state index in [1.165, 1.54) is 0 Å². The van der Waals surface area contributed by atoms with Crippen molar-refractivity contribution in [2.75, 3.05) is 33.9 Å². The molecule has 3 heterocycles. The minimum absolute atomic E-state index is 0. The van der Waals surface area contributed by atoms with Gasteiger partial charge in [0, 0.05) is 23.9 Å². The Hall–Kier alpha value is -2.29. The van der Waals surface area contributed by atoms with Gasteiger partial charge in [0.25, 0.3) is 5.91 Å². The van der Waals surface area contributed by atoms with Gasteiger partial charge in [-0.2, -0.15) is 5.10 Å². The van der Waals surface area contributed by atoms with E-state index in [-0.39, 0.29) is 30.9 Å². The SMILES string of the molecule is COc1ccc(OC)c2c1CN(C(=O)c1ccn(C3CCCNC3)n1)CC2O.Cl. The number of rotatable bonds is 4. The molecule has 4 rings (SSSR count). The van der Waals surface area contributed by atoms with Crippen LogP contribution < -0.4 is 14.8 Å². The van der Waals surface area contributed by atoms with E-state index in [0.717, 1.165) is 31.5 Å². The fraction of sp³-hybridized carbons (Fsp3) is 0.500. The maximum atomic E-state index is 13.1. The molecule has 1 aromatic carbocycles. The van der Waals surface area contributed by atoms with Crippen LogP contribution in [0.15, 0.2) is 24.4 Å². The topological polar surface area (TPSA) is 88.9 Å². The van der Waals surface area contributed by atoms with Crippen LogP contribution in [0.5, 0.6) is 11.5 Å². The van der Waals surface area contributed by atoms with Crippen molar-refractivity contribution in [2.24, 2.45) is 0 Å². The van der Waals surface area contributed by atoms with Crippen LogP contribution in [0.1, 0.15) is 46.6 Å². The lowest BCUT2D eigenvalue weighted by Crippen LogP contribution is -2.39. The number of amides is 1. The molecule has 2 atom stereocenters. The first-order chi connectivity index (χ1) is 13.6. The van der Waals surface area contributed by atoms with Crippen molar-refractivity contribution in [1.29, 1.82) is 0 Å². The lowest BCUT2D eigenvalue weighted by Gasteiger charge is -2.33. The van der Waals surface area contributed by atoms with Gasteiger partial charge in [-0.05, 0) is 37.6 Å². The van der Waals surface area contributed by atoms with E-state index in [2.05, 4.69) is 10.4 Å². The largest absolute Gasteiger partial charge is 0.496 e. The number of carbonyl (C=O) groups is 1. The van der Waals surface area contributed by atoms with Gasteiger partial charge in [-0.1, -0.05) is 0 Å². The van der Waals surface area contributed by atoms with Crippen LogP contribution in [0, 0.1) is 0 Å². The molecule has 2 aromatic rings. The van der Waals surface area contributed by atoms with Crippen LogP contribution in [0.25, 0.3) is 0 Å². The molecule has 2 unspecified atom stereocenters. The molecule has 1 fully saturated rings. The number of nitrogens with one attached hydrogen (secondary N) is 1. The van der Waals surface area contributed by atoms with Gasteiger partial charge in [0.05, 0.1) is 33.4 Å². The fourth-order valence-corrected chi connectivity index (χ4v) is 4.11. The van der Waals surface area contributed by atoms with Gasteiger partial charge in [0.2, 0.25) is 0 Å². The van der Waals surface area contributed by atoms with Gasteiger partial charge >= 0.3 is 0 Å². The number of hydrogen-bond acceptors (Lipinski definition) is 6. The Bertz CT molecular complexity index is 866. The maximum absolute atomic E-state index is 13.1. The van der Waals surface area contributed by atoms with Crippen LogP contribution in [0.2, 0.25) is 0 Å². The first-order valence-corrected chi connectivity index (χ1v) is 9.59. The third-order valence-corrected chi connectivity index (χ3v) is 5.55. The highest BCUT2D eigenvalue weighted by molar-refractivity contribution is 5.92. The molecule has 0 saturated carbocycles. The zero-order valence-electron chi connectivity index (χ0n) is 16.6. The summed E-state index contributed by atoms with van der Waals surface area (Å²) in [6.45, 7) is 2.42. The predicted octanol–water partition coefficient (Wildman–Crippen LogP) is 1.94. The second kappa shape index (κ2) is 9.02. The van der Waals surface area contributed by atoms with Crippen LogP contribution >= 0.6 is 12.4 Å². The molecule has 158 valence electrons. The predicted molar refractivity (Wildman–Crippen MR) is 110 cm³/mol. The number of benzene rings is 1. The maximum Gasteiger partial charge on any atom is 0.274 e. The number of ether oxygens (including phenoxy) is 2. The smallest absolute Gasteiger partial charge is 0.274 e. The number of halogens is 1. The average molecular weight is 423 g/mol. The number of carbonyl (C=O) groups excluding carboxylic acids is 1. The highest BCUT2D eigenvalue weighted by Gasteiger charge is 2.33. The monoisotopic (exact) mass is 422 g/mol. The second-order valence-corrected chi connectivity index (χ2v) is 7.24. The van der Waals surface area contributed by atoms with Crippen molar-refractivity contribution in [3.8, 4) is 11.5 Å². The number of nitrogens with zero attached hydrogens (tertiary/aromatic N) is 3. The molecule has 2 aliphatic rings. The summed E-state index contributed by atoms with van der Waals surface area (Å²) in [5.74, 6) is 1.03. The second-order valence-electron chi connectivity index (χ2n) is 7.24. The van der Waals surface area contributed by atoms with Crippen molar-refractivity contribution in [3.63, 3.8) is 0 Å². The van der Waals surface area contributed by atoms with Gasteiger partial charge in [0.15, 0.2) is 0 Å². The molecule has 1 saturated heterocycles. The molecule has 0 bridgehead atoms. The first-order valence-electron chi connectivity index (χ1n) is 9.59. The molecule has 9 heteroatoms. The van der Waals surface area contributed by atoms with E-state index in [1.807, 2.05) is 10.9 Å². The molecule has 2 aliphatic heterocycles. The lowest BCUT2D eigenvalue weighted by molar-refractivity contribution is 0.0532. The van der Waals surface area contributed by atoms with Crippen molar-refractivity contribution in [1.82, 2.24) is 20.0 Å². The zero-order valence-corrected chi connectivity index (χ0v) is 17.4. The molecule has 0 spiro atoms. The third kappa shape index (κ3) is 4.05. The number of piperidine rings is 1. The Morgan fingerprint density at radius 2 is 2.00 bits per heavy atom. The van der Waals surface area contributed by atoms with Crippen LogP contribution in [0.4, 0.5) is 0 Å². The van der Waals surface area contributed by atoms with Crippen LogP contribution in [0.3, 0.4) is 0 Å². The molecule has 1 aromatic heterocycles. The van der Waals surface area contributed by atoms with Gasteiger partial charge < -0.3 is 24.8 Å². The molecule has 8 nitrogen and oxygen atoms in total. The first kappa shape index (κ1) is 21.4. The minimum atomic E-state index is -0.845. The summed E-state index contributed by atoms with van der Waals surface area (Å²) in [5.41, 5.74) is 1.85. The summed E-state index contributed by atoms with van der Waals surface area (Å²) in [7, 11) is 3.15. The number of hydrogen-bond donors (Lipinski definition) is 2. The average Bonchev–Trinajstić information content (AvgIpc) is 3.23. The zero-order chi connectivity index (χ0) is 19.7. The number of aliphatic hydroxyl groups is 1. The normalized spacial score (nSPS) is 21.1. The molecule has 0 radical (unpaired) electrons.